The molecule has 2 aromatic rings. The molecule has 0 saturated heterocycles. The van der Waals surface area contributed by atoms with Crippen LogP contribution in [0.4, 0.5) is 14.2 Å². The van der Waals surface area contributed by atoms with E-state index in [1.807, 2.05) is 6.92 Å². The van der Waals surface area contributed by atoms with Crippen molar-refractivity contribution in [1.29, 1.82) is 0 Å². The Kier molecular flexibility index (Phi) is 4.75. The van der Waals surface area contributed by atoms with Crippen molar-refractivity contribution in [2.75, 3.05) is 5.32 Å². The fraction of sp³-hybridized carbons (Fsp3) is 0.400. The normalized spacial score (nSPS) is 11.3. The van der Waals surface area contributed by atoms with Crippen molar-refractivity contribution >= 4 is 22.4 Å². The van der Waals surface area contributed by atoms with Crippen molar-refractivity contribution in [3.63, 3.8) is 0 Å². The van der Waals surface area contributed by atoms with E-state index in [-0.39, 0.29) is 0 Å². The first-order valence-electron chi connectivity index (χ1n) is 6.89. The molecule has 1 N–H and O–H groups in total. The lowest BCUT2D eigenvalue weighted by Crippen LogP contribution is -2.27. The van der Waals surface area contributed by atoms with E-state index >= 15 is 0 Å². The number of hydrogen-bond donors (Lipinski definition) is 1. The zero-order chi connectivity index (χ0) is 16.3. The molecule has 7 heteroatoms. The Balaban J connectivity index is 2.24. The molecule has 1 amide bonds. The molecule has 0 spiro atoms. The Labute approximate surface area is 132 Å². The number of pyridine rings is 1. The van der Waals surface area contributed by atoms with Crippen molar-refractivity contribution in [3.8, 4) is 10.6 Å². The number of hydrogen-bond acceptors (Lipinski definition) is 5. The van der Waals surface area contributed by atoms with Gasteiger partial charge in [-0.3, -0.25) is 10.3 Å². The highest BCUT2D eigenvalue weighted by molar-refractivity contribution is 7.19. The van der Waals surface area contributed by atoms with Gasteiger partial charge in [-0.05, 0) is 33.3 Å². The Hall–Kier alpha value is -2.02. The van der Waals surface area contributed by atoms with E-state index in [9.17, 15) is 9.18 Å². The van der Waals surface area contributed by atoms with Crippen LogP contribution >= 0.6 is 11.3 Å². The second kappa shape index (κ2) is 6.39. The topological polar surface area (TPSA) is 64.1 Å². The van der Waals surface area contributed by atoms with Crippen LogP contribution < -0.4 is 5.32 Å². The molecule has 0 aliphatic rings. The zero-order valence-electron chi connectivity index (χ0n) is 12.9. The van der Waals surface area contributed by atoms with Gasteiger partial charge in [0.2, 0.25) is 0 Å². The van der Waals surface area contributed by atoms with E-state index in [0.29, 0.717) is 22.0 Å². The number of halogens is 1. The summed E-state index contributed by atoms with van der Waals surface area (Å²) in [5.74, 6) is -0.424. The van der Waals surface area contributed by atoms with Crippen LogP contribution in [0.1, 0.15) is 33.4 Å². The summed E-state index contributed by atoms with van der Waals surface area (Å²) >= 11 is 1.27. The van der Waals surface area contributed by atoms with E-state index in [0.717, 1.165) is 11.9 Å². The quantitative estimate of drug-likeness (QED) is 0.917. The highest BCUT2D eigenvalue weighted by atomic mass is 32.1. The van der Waals surface area contributed by atoms with Gasteiger partial charge in [0.1, 0.15) is 21.4 Å². The van der Waals surface area contributed by atoms with Crippen LogP contribution in [-0.4, -0.2) is 21.7 Å². The average molecular weight is 323 g/mol. The van der Waals surface area contributed by atoms with Crippen molar-refractivity contribution in [3.05, 3.63) is 30.0 Å². The lowest BCUT2D eigenvalue weighted by atomic mass is 10.2. The minimum Gasteiger partial charge on any atom is -0.444 e. The molecule has 0 radical (unpaired) electrons. The van der Waals surface area contributed by atoms with E-state index in [1.165, 1.54) is 17.4 Å². The lowest BCUT2D eigenvalue weighted by molar-refractivity contribution is 0.0636. The fourth-order valence-corrected chi connectivity index (χ4v) is 2.76. The zero-order valence-corrected chi connectivity index (χ0v) is 13.8. The number of ether oxygens (including phenoxy) is 1. The monoisotopic (exact) mass is 323 g/mol. The van der Waals surface area contributed by atoms with Crippen LogP contribution in [0, 0.1) is 5.82 Å². The predicted octanol–water partition coefficient (Wildman–Crippen LogP) is 4.25. The molecule has 0 saturated carbocycles. The maximum atomic E-state index is 13.3. The third-order valence-electron chi connectivity index (χ3n) is 2.60. The molecule has 0 aromatic carbocycles. The van der Waals surface area contributed by atoms with Crippen molar-refractivity contribution in [1.82, 2.24) is 9.97 Å². The third-order valence-corrected chi connectivity index (χ3v) is 3.66. The molecule has 0 bridgehead atoms. The molecule has 0 fully saturated rings. The van der Waals surface area contributed by atoms with E-state index in [1.54, 1.807) is 27.0 Å². The molecule has 22 heavy (non-hydrogen) atoms. The van der Waals surface area contributed by atoms with Crippen molar-refractivity contribution in [2.45, 2.75) is 39.7 Å². The van der Waals surface area contributed by atoms with Gasteiger partial charge in [-0.1, -0.05) is 18.3 Å². The van der Waals surface area contributed by atoms with Crippen LogP contribution in [0.5, 0.6) is 0 Å². The Morgan fingerprint density at radius 2 is 2.14 bits per heavy atom. The van der Waals surface area contributed by atoms with Gasteiger partial charge in [-0.15, -0.1) is 0 Å². The van der Waals surface area contributed by atoms with Gasteiger partial charge < -0.3 is 4.74 Å². The van der Waals surface area contributed by atoms with E-state index in [2.05, 4.69) is 15.3 Å². The summed E-state index contributed by atoms with van der Waals surface area (Å²) in [4.78, 5) is 20.1. The number of amides is 1. The third kappa shape index (κ3) is 4.24. The predicted molar refractivity (Wildman–Crippen MR) is 84.5 cm³/mol. The molecule has 0 unspecified atom stereocenters. The summed E-state index contributed by atoms with van der Waals surface area (Å²) in [6.07, 6.45) is 2.79. The Morgan fingerprint density at radius 1 is 1.41 bits per heavy atom. The van der Waals surface area contributed by atoms with Crippen molar-refractivity contribution < 1.29 is 13.9 Å². The first kappa shape index (κ1) is 16.4. The fourth-order valence-electron chi connectivity index (χ4n) is 1.74. The van der Waals surface area contributed by atoms with Crippen LogP contribution in [0.2, 0.25) is 0 Å². The minimum absolute atomic E-state index is 0.424. The summed E-state index contributed by atoms with van der Waals surface area (Å²) in [5, 5.41) is 3.92. The summed E-state index contributed by atoms with van der Waals surface area (Å²) < 4.78 is 18.5. The number of carbonyl (C=O) groups excluding carboxylic acids is 1. The first-order chi connectivity index (χ1) is 10.3. The highest BCUT2D eigenvalue weighted by Gasteiger charge is 2.19. The number of aromatic nitrogens is 2. The number of rotatable bonds is 3. The molecule has 0 aliphatic heterocycles. The summed E-state index contributed by atoms with van der Waals surface area (Å²) in [5.41, 5.74) is 0.739. The van der Waals surface area contributed by atoms with Crippen LogP contribution in [-0.2, 0) is 11.2 Å². The maximum Gasteiger partial charge on any atom is 0.412 e. The smallest absolute Gasteiger partial charge is 0.412 e. The number of carbonyl (C=O) groups is 1. The molecular formula is C15H18FN3O2S. The van der Waals surface area contributed by atoms with Crippen LogP contribution in [0.3, 0.4) is 0 Å². The number of nitrogens with one attached hydrogen (secondary N) is 1. The van der Waals surface area contributed by atoms with Gasteiger partial charge in [-0.25, -0.2) is 14.2 Å². The molecule has 2 rings (SSSR count). The second-order valence-corrected chi connectivity index (χ2v) is 6.67. The maximum absolute atomic E-state index is 13.3. The Bertz CT molecular complexity index is 680. The van der Waals surface area contributed by atoms with Crippen LogP contribution in [0.15, 0.2) is 18.5 Å². The van der Waals surface area contributed by atoms with E-state index < -0.39 is 17.5 Å². The van der Waals surface area contributed by atoms with Gasteiger partial charge in [0, 0.05) is 11.8 Å². The minimum atomic E-state index is -0.573. The molecular weight excluding hydrogens is 305 g/mol. The number of anilines is 1. The molecule has 2 aromatic heterocycles. The Morgan fingerprint density at radius 3 is 2.73 bits per heavy atom. The van der Waals surface area contributed by atoms with Gasteiger partial charge in [0.05, 0.1) is 11.9 Å². The molecule has 0 aliphatic carbocycles. The lowest BCUT2D eigenvalue weighted by Gasteiger charge is -2.19. The summed E-state index contributed by atoms with van der Waals surface area (Å²) in [7, 11) is 0. The molecule has 5 nitrogen and oxygen atoms in total. The van der Waals surface area contributed by atoms with E-state index in [4.69, 9.17) is 4.74 Å². The summed E-state index contributed by atoms with van der Waals surface area (Å²) in [6, 6.07) is 1.36. The summed E-state index contributed by atoms with van der Waals surface area (Å²) in [6.45, 7) is 7.32. The standard InChI is InChI=1S/C15H18FN3O2S/c1-5-11-13(19-14(20)21-15(2,3)4)22-12(18-11)9-6-10(16)8-17-7-9/h6-8H,5H2,1-4H3,(H,19,20). The van der Waals surface area contributed by atoms with Crippen molar-refractivity contribution in [2.24, 2.45) is 0 Å². The SMILES string of the molecule is CCc1nc(-c2cncc(F)c2)sc1NC(=O)OC(C)(C)C. The number of thiazole rings is 1. The van der Waals surface area contributed by atoms with Gasteiger partial charge >= 0.3 is 6.09 Å². The average Bonchev–Trinajstić information content (AvgIpc) is 2.79. The molecule has 118 valence electrons. The number of aryl methyl sites for hydroxylation is 1. The van der Waals surface area contributed by atoms with Crippen LogP contribution in [0.25, 0.3) is 10.6 Å². The number of nitrogens with zero attached hydrogens (tertiary/aromatic N) is 2. The second-order valence-electron chi connectivity index (χ2n) is 5.67. The van der Waals surface area contributed by atoms with Gasteiger partial charge in [0.25, 0.3) is 0 Å². The van der Waals surface area contributed by atoms with Gasteiger partial charge in [0.15, 0.2) is 0 Å². The largest absolute Gasteiger partial charge is 0.444 e. The first-order valence-corrected chi connectivity index (χ1v) is 7.71. The molecule has 2 heterocycles. The van der Waals surface area contributed by atoms with Gasteiger partial charge in [-0.2, -0.15) is 0 Å². The highest BCUT2D eigenvalue weighted by Crippen LogP contribution is 2.32. The molecule has 0 atom stereocenters.